The third-order valence-corrected chi connectivity index (χ3v) is 3.43. The second-order valence-corrected chi connectivity index (χ2v) is 5.14. The van der Waals surface area contributed by atoms with Gasteiger partial charge in [0.2, 0.25) is 0 Å². The van der Waals surface area contributed by atoms with Crippen LogP contribution in [0.2, 0.25) is 0 Å². The SMILES string of the molecule is C/C=C\CC(C)c1cc(Br)ccc1Br. The summed E-state index contributed by atoms with van der Waals surface area (Å²) in [4.78, 5) is 0. The van der Waals surface area contributed by atoms with E-state index < -0.39 is 0 Å². The quantitative estimate of drug-likeness (QED) is 0.665. The van der Waals surface area contributed by atoms with Crippen LogP contribution in [0.25, 0.3) is 0 Å². The Balaban J connectivity index is 2.87. The van der Waals surface area contributed by atoms with Gasteiger partial charge in [0, 0.05) is 8.95 Å². The average molecular weight is 318 g/mol. The second kappa shape index (κ2) is 5.72. The van der Waals surface area contributed by atoms with Crippen LogP contribution >= 0.6 is 31.9 Å². The van der Waals surface area contributed by atoms with Crippen molar-refractivity contribution < 1.29 is 0 Å². The summed E-state index contributed by atoms with van der Waals surface area (Å²) in [6.45, 7) is 4.30. The first-order valence-electron chi connectivity index (χ1n) is 4.71. The van der Waals surface area contributed by atoms with E-state index in [0.29, 0.717) is 5.92 Å². The predicted molar refractivity (Wildman–Crippen MR) is 69.7 cm³/mol. The number of benzene rings is 1. The molecule has 0 saturated heterocycles. The second-order valence-electron chi connectivity index (χ2n) is 3.37. The monoisotopic (exact) mass is 316 g/mol. The topological polar surface area (TPSA) is 0 Å². The minimum absolute atomic E-state index is 0.554. The maximum absolute atomic E-state index is 3.58. The lowest BCUT2D eigenvalue weighted by Crippen LogP contribution is -1.93. The molecule has 1 aromatic carbocycles. The molecular weight excluding hydrogens is 304 g/mol. The van der Waals surface area contributed by atoms with Crippen molar-refractivity contribution in [3.8, 4) is 0 Å². The Morgan fingerprint density at radius 3 is 2.71 bits per heavy atom. The van der Waals surface area contributed by atoms with E-state index in [1.54, 1.807) is 0 Å². The number of rotatable bonds is 3. The van der Waals surface area contributed by atoms with E-state index >= 15 is 0 Å². The molecule has 0 fully saturated rings. The van der Waals surface area contributed by atoms with Crippen molar-refractivity contribution in [2.24, 2.45) is 0 Å². The Morgan fingerprint density at radius 1 is 1.36 bits per heavy atom. The Bertz CT molecular complexity index is 329. The van der Waals surface area contributed by atoms with E-state index in [1.165, 1.54) is 10.0 Å². The lowest BCUT2D eigenvalue weighted by atomic mass is 9.98. The minimum Gasteiger partial charge on any atom is -0.0916 e. The highest BCUT2D eigenvalue weighted by molar-refractivity contribution is 9.11. The first-order valence-corrected chi connectivity index (χ1v) is 6.30. The number of hydrogen-bond donors (Lipinski definition) is 0. The van der Waals surface area contributed by atoms with E-state index in [1.807, 2.05) is 0 Å². The van der Waals surface area contributed by atoms with E-state index in [0.717, 1.165) is 10.9 Å². The van der Waals surface area contributed by atoms with Gasteiger partial charge in [0.05, 0.1) is 0 Å². The molecule has 0 N–H and O–H groups in total. The van der Waals surface area contributed by atoms with Crippen molar-refractivity contribution in [1.82, 2.24) is 0 Å². The third kappa shape index (κ3) is 3.25. The lowest BCUT2D eigenvalue weighted by molar-refractivity contribution is 0.775. The standard InChI is InChI=1S/C12H14Br2/c1-3-4-5-9(2)11-8-10(13)6-7-12(11)14/h3-4,6-9H,5H2,1-2H3/b4-3-. The lowest BCUT2D eigenvalue weighted by Gasteiger charge is -2.12. The van der Waals surface area contributed by atoms with Gasteiger partial charge in [-0.15, -0.1) is 0 Å². The Labute approximate surface area is 103 Å². The number of allylic oxidation sites excluding steroid dienone is 2. The molecule has 0 aliphatic rings. The van der Waals surface area contributed by atoms with Crippen LogP contribution in [0, 0.1) is 0 Å². The fraction of sp³-hybridized carbons (Fsp3) is 0.333. The smallest absolute Gasteiger partial charge is 0.0210 e. The maximum Gasteiger partial charge on any atom is 0.0210 e. The van der Waals surface area contributed by atoms with Crippen molar-refractivity contribution in [1.29, 1.82) is 0 Å². The molecule has 0 heterocycles. The highest BCUT2D eigenvalue weighted by atomic mass is 79.9. The van der Waals surface area contributed by atoms with Crippen LogP contribution in [0.5, 0.6) is 0 Å². The van der Waals surface area contributed by atoms with Gasteiger partial charge in [-0.2, -0.15) is 0 Å². The zero-order valence-electron chi connectivity index (χ0n) is 8.43. The van der Waals surface area contributed by atoms with Crippen LogP contribution in [0.3, 0.4) is 0 Å². The van der Waals surface area contributed by atoms with E-state index in [2.05, 4.69) is 76.1 Å². The molecule has 0 aliphatic heterocycles. The summed E-state index contributed by atoms with van der Waals surface area (Å²) in [6, 6.07) is 6.32. The normalized spacial score (nSPS) is 13.4. The summed E-state index contributed by atoms with van der Waals surface area (Å²) in [5.41, 5.74) is 1.36. The Kier molecular flexibility index (Phi) is 4.90. The fourth-order valence-corrected chi connectivity index (χ4v) is 2.38. The van der Waals surface area contributed by atoms with Gasteiger partial charge in [-0.05, 0) is 43.0 Å². The van der Waals surface area contributed by atoms with Crippen molar-refractivity contribution in [2.45, 2.75) is 26.2 Å². The molecule has 0 spiro atoms. The van der Waals surface area contributed by atoms with Crippen LogP contribution in [-0.4, -0.2) is 0 Å². The van der Waals surface area contributed by atoms with Gasteiger partial charge < -0.3 is 0 Å². The number of halogens is 2. The fourth-order valence-electron chi connectivity index (χ4n) is 1.36. The Morgan fingerprint density at radius 2 is 2.07 bits per heavy atom. The molecular formula is C12H14Br2. The summed E-state index contributed by atoms with van der Waals surface area (Å²) in [6.07, 6.45) is 5.39. The zero-order chi connectivity index (χ0) is 10.6. The molecule has 0 nitrogen and oxygen atoms in total. The molecule has 1 atom stereocenters. The first kappa shape index (κ1) is 12.0. The minimum atomic E-state index is 0.554. The summed E-state index contributed by atoms with van der Waals surface area (Å²) >= 11 is 7.07. The maximum atomic E-state index is 3.58. The summed E-state index contributed by atoms with van der Waals surface area (Å²) in [5, 5.41) is 0. The summed E-state index contributed by atoms with van der Waals surface area (Å²) in [5.74, 6) is 0.554. The van der Waals surface area contributed by atoms with Crippen molar-refractivity contribution >= 4 is 31.9 Å². The zero-order valence-corrected chi connectivity index (χ0v) is 11.6. The molecule has 1 unspecified atom stereocenters. The van der Waals surface area contributed by atoms with Crippen LogP contribution in [0.4, 0.5) is 0 Å². The van der Waals surface area contributed by atoms with Crippen molar-refractivity contribution in [3.05, 3.63) is 44.9 Å². The summed E-state index contributed by atoms with van der Waals surface area (Å²) < 4.78 is 2.33. The molecule has 14 heavy (non-hydrogen) atoms. The third-order valence-electron chi connectivity index (χ3n) is 2.21. The largest absolute Gasteiger partial charge is 0.0916 e. The molecule has 2 heteroatoms. The molecule has 76 valence electrons. The molecule has 0 saturated carbocycles. The molecule has 0 bridgehead atoms. The van der Waals surface area contributed by atoms with E-state index in [-0.39, 0.29) is 0 Å². The molecule has 0 aliphatic carbocycles. The van der Waals surface area contributed by atoms with Gasteiger partial charge in [0.25, 0.3) is 0 Å². The van der Waals surface area contributed by atoms with Crippen LogP contribution in [-0.2, 0) is 0 Å². The summed E-state index contributed by atoms with van der Waals surface area (Å²) in [7, 11) is 0. The van der Waals surface area contributed by atoms with Crippen molar-refractivity contribution in [3.63, 3.8) is 0 Å². The van der Waals surface area contributed by atoms with Crippen LogP contribution in [0.15, 0.2) is 39.3 Å². The average Bonchev–Trinajstić information content (AvgIpc) is 2.18. The van der Waals surface area contributed by atoms with E-state index in [9.17, 15) is 0 Å². The van der Waals surface area contributed by atoms with Crippen LogP contribution in [0.1, 0.15) is 31.7 Å². The van der Waals surface area contributed by atoms with Gasteiger partial charge in [-0.1, -0.05) is 50.9 Å². The van der Waals surface area contributed by atoms with Gasteiger partial charge >= 0.3 is 0 Å². The van der Waals surface area contributed by atoms with Gasteiger partial charge in [-0.3, -0.25) is 0 Å². The Hall–Kier alpha value is -0.0800. The van der Waals surface area contributed by atoms with Gasteiger partial charge in [0.15, 0.2) is 0 Å². The van der Waals surface area contributed by atoms with Crippen LogP contribution < -0.4 is 0 Å². The van der Waals surface area contributed by atoms with Crippen molar-refractivity contribution in [2.75, 3.05) is 0 Å². The first-order chi connectivity index (χ1) is 6.65. The molecule has 0 aromatic heterocycles. The number of hydrogen-bond acceptors (Lipinski definition) is 0. The highest BCUT2D eigenvalue weighted by Crippen LogP contribution is 2.30. The molecule has 1 rings (SSSR count). The highest BCUT2D eigenvalue weighted by Gasteiger charge is 2.07. The molecule has 1 aromatic rings. The van der Waals surface area contributed by atoms with Gasteiger partial charge in [-0.25, -0.2) is 0 Å². The molecule has 0 radical (unpaired) electrons. The van der Waals surface area contributed by atoms with Gasteiger partial charge in [0.1, 0.15) is 0 Å². The predicted octanol–water partition coefficient (Wildman–Crippen LogP) is 5.28. The molecule has 0 amide bonds. The van der Waals surface area contributed by atoms with E-state index in [4.69, 9.17) is 0 Å².